The van der Waals surface area contributed by atoms with Gasteiger partial charge in [-0.1, -0.05) is 6.07 Å². The number of thioether (sulfide) groups is 1. The van der Waals surface area contributed by atoms with E-state index in [9.17, 15) is 22.8 Å². The molecule has 2 aromatic rings. The van der Waals surface area contributed by atoms with Gasteiger partial charge < -0.3 is 19.7 Å². The molecule has 10 heteroatoms. The lowest BCUT2D eigenvalue weighted by molar-refractivity contribution is -0.137. The molecule has 1 unspecified atom stereocenters. The van der Waals surface area contributed by atoms with Crippen molar-refractivity contribution in [1.82, 2.24) is 10.2 Å². The summed E-state index contributed by atoms with van der Waals surface area (Å²) >= 11 is 1.09. The number of alkyl halides is 3. The molecule has 1 atom stereocenters. The second-order valence-corrected chi connectivity index (χ2v) is 8.67. The number of methoxy groups -OCH3 is 2. The fourth-order valence-electron chi connectivity index (χ4n) is 3.65. The van der Waals surface area contributed by atoms with Gasteiger partial charge in [-0.2, -0.15) is 13.2 Å². The van der Waals surface area contributed by atoms with Crippen LogP contribution in [0.15, 0.2) is 41.3 Å². The van der Waals surface area contributed by atoms with Crippen molar-refractivity contribution in [2.45, 2.75) is 37.0 Å². The Balaban J connectivity index is 1.74. The number of hydrogen-bond acceptors (Lipinski definition) is 5. The summed E-state index contributed by atoms with van der Waals surface area (Å²) in [7, 11) is 3.09. The van der Waals surface area contributed by atoms with Crippen LogP contribution in [0.5, 0.6) is 11.5 Å². The normalized spacial score (nSPS) is 14.3. The molecule has 1 N–H and O–H groups in total. The van der Waals surface area contributed by atoms with E-state index in [1.165, 1.54) is 20.1 Å². The topological polar surface area (TPSA) is 67.9 Å². The van der Waals surface area contributed by atoms with Gasteiger partial charge in [0.1, 0.15) is 6.04 Å². The lowest BCUT2D eigenvalue weighted by Crippen LogP contribution is -2.50. The summed E-state index contributed by atoms with van der Waals surface area (Å²) in [5, 5.41) is 2.64. The Morgan fingerprint density at radius 2 is 1.79 bits per heavy atom. The number of ether oxygens (including phenoxy) is 2. The van der Waals surface area contributed by atoms with E-state index in [-0.39, 0.29) is 17.6 Å². The van der Waals surface area contributed by atoms with Gasteiger partial charge in [0.05, 0.1) is 19.8 Å². The van der Waals surface area contributed by atoms with E-state index < -0.39 is 17.8 Å². The van der Waals surface area contributed by atoms with Gasteiger partial charge in [0.15, 0.2) is 11.5 Å². The van der Waals surface area contributed by atoms with Crippen LogP contribution in [-0.2, 0) is 28.7 Å². The van der Waals surface area contributed by atoms with Gasteiger partial charge in [-0.05, 0) is 47.9 Å². The van der Waals surface area contributed by atoms with Crippen LogP contribution in [0.1, 0.15) is 23.6 Å². The van der Waals surface area contributed by atoms with Crippen LogP contribution < -0.4 is 14.8 Å². The van der Waals surface area contributed by atoms with E-state index in [2.05, 4.69) is 5.32 Å². The molecule has 0 bridgehead atoms. The van der Waals surface area contributed by atoms with Gasteiger partial charge >= 0.3 is 6.18 Å². The van der Waals surface area contributed by atoms with Crippen molar-refractivity contribution >= 4 is 23.6 Å². The molecule has 1 heterocycles. The highest BCUT2D eigenvalue weighted by Gasteiger charge is 2.31. The third-order valence-corrected chi connectivity index (χ3v) is 6.37. The third kappa shape index (κ3) is 6.13. The maximum absolute atomic E-state index is 13.2. The molecule has 0 saturated heterocycles. The van der Waals surface area contributed by atoms with Crippen molar-refractivity contribution in [3.8, 4) is 11.5 Å². The van der Waals surface area contributed by atoms with Gasteiger partial charge in [0.2, 0.25) is 11.8 Å². The van der Waals surface area contributed by atoms with E-state index in [4.69, 9.17) is 9.47 Å². The Kier molecular flexibility index (Phi) is 7.78. The first-order chi connectivity index (χ1) is 15.6. The van der Waals surface area contributed by atoms with Gasteiger partial charge in [-0.3, -0.25) is 9.59 Å². The quantitative estimate of drug-likeness (QED) is 0.607. The highest BCUT2D eigenvalue weighted by molar-refractivity contribution is 7.99. The van der Waals surface area contributed by atoms with Crippen LogP contribution in [-0.4, -0.2) is 49.3 Å². The molecule has 2 amide bonds. The van der Waals surface area contributed by atoms with Crippen LogP contribution >= 0.6 is 11.8 Å². The number of rotatable bonds is 7. The first-order valence-electron chi connectivity index (χ1n) is 10.2. The van der Waals surface area contributed by atoms with E-state index in [0.717, 1.165) is 35.0 Å². The summed E-state index contributed by atoms with van der Waals surface area (Å²) < 4.78 is 49.7. The Hall–Kier alpha value is -2.88. The zero-order chi connectivity index (χ0) is 24.2. The number of nitrogens with one attached hydrogen (secondary N) is 1. The average Bonchev–Trinajstić information content (AvgIpc) is 2.79. The predicted molar refractivity (Wildman–Crippen MR) is 118 cm³/mol. The number of amides is 2. The number of carbonyl (C=O) groups is 2. The summed E-state index contributed by atoms with van der Waals surface area (Å²) in [6.45, 7) is 2.09. The SMILES string of the molecule is COc1cc2c(cc1OC)CN(C(=O)C(CSc1cccc(C(F)(F)F)c1)NC(C)=O)CC2. The van der Waals surface area contributed by atoms with Crippen molar-refractivity contribution in [2.24, 2.45) is 0 Å². The van der Waals surface area contributed by atoms with Gasteiger partial charge in [0, 0.05) is 30.7 Å². The molecule has 0 aromatic heterocycles. The Morgan fingerprint density at radius 3 is 2.39 bits per heavy atom. The fourth-order valence-corrected chi connectivity index (χ4v) is 4.62. The number of carbonyl (C=O) groups excluding carboxylic acids is 2. The molecule has 0 saturated carbocycles. The molecule has 0 radical (unpaired) electrons. The minimum atomic E-state index is -4.45. The second kappa shape index (κ2) is 10.4. The van der Waals surface area contributed by atoms with Crippen LogP contribution in [0.3, 0.4) is 0 Å². The molecule has 3 rings (SSSR count). The predicted octanol–water partition coefficient (Wildman–Crippen LogP) is 3.90. The zero-order valence-electron chi connectivity index (χ0n) is 18.5. The van der Waals surface area contributed by atoms with Crippen LogP contribution in [0.25, 0.3) is 0 Å². The minimum absolute atomic E-state index is 0.106. The number of benzene rings is 2. The van der Waals surface area contributed by atoms with Crippen molar-refractivity contribution in [3.63, 3.8) is 0 Å². The standard InChI is InChI=1S/C23H25F3N2O4S/c1-14(29)27-19(13-33-18-6-4-5-17(11-18)23(24,25)26)22(30)28-8-7-15-9-20(31-2)21(32-3)10-16(15)12-28/h4-6,9-11,19H,7-8,12-13H2,1-3H3,(H,27,29). The van der Waals surface area contributed by atoms with Crippen LogP contribution in [0.4, 0.5) is 13.2 Å². The van der Waals surface area contributed by atoms with E-state index in [0.29, 0.717) is 35.9 Å². The van der Waals surface area contributed by atoms with E-state index in [1.807, 2.05) is 12.1 Å². The number of nitrogens with zero attached hydrogens (tertiary/aromatic N) is 1. The molecule has 0 fully saturated rings. The van der Waals surface area contributed by atoms with Crippen molar-refractivity contribution in [3.05, 3.63) is 53.1 Å². The lowest BCUT2D eigenvalue weighted by Gasteiger charge is -2.32. The molecule has 0 aliphatic carbocycles. The maximum Gasteiger partial charge on any atom is 0.416 e. The summed E-state index contributed by atoms with van der Waals surface area (Å²) in [4.78, 5) is 27.0. The highest BCUT2D eigenvalue weighted by atomic mass is 32.2. The second-order valence-electron chi connectivity index (χ2n) is 7.58. The molecular formula is C23H25F3N2O4S. The van der Waals surface area contributed by atoms with Gasteiger partial charge in [-0.15, -0.1) is 11.8 Å². The molecule has 178 valence electrons. The molecule has 33 heavy (non-hydrogen) atoms. The smallest absolute Gasteiger partial charge is 0.416 e. The van der Waals surface area contributed by atoms with E-state index in [1.54, 1.807) is 18.1 Å². The molecular weight excluding hydrogens is 457 g/mol. The summed E-state index contributed by atoms with van der Waals surface area (Å²) in [5.74, 6) is 0.607. The van der Waals surface area contributed by atoms with E-state index >= 15 is 0 Å². The fraction of sp³-hybridized carbons (Fsp3) is 0.391. The number of halogens is 3. The van der Waals surface area contributed by atoms with Crippen molar-refractivity contribution < 1.29 is 32.2 Å². The summed E-state index contributed by atoms with van der Waals surface area (Å²) in [5.41, 5.74) is 1.21. The first kappa shape index (κ1) is 24.8. The molecule has 0 spiro atoms. The first-order valence-corrected chi connectivity index (χ1v) is 11.2. The number of fused-ring (bicyclic) bond motifs is 1. The third-order valence-electron chi connectivity index (χ3n) is 5.28. The van der Waals surface area contributed by atoms with Crippen LogP contribution in [0, 0.1) is 0 Å². The molecule has 6 nitrogen and oxygen atoms in total. The Labute approximate surface area is 194 Å². The molecule has 1 aliphatic rings. The van der Waals surface area contributed by atoms with Crippen LogP contribution in [0.2, 0.25) is 0 Å². The summed E-state index contributed by atoms with van der Waals surface area (Å²) in [6.07, 6.45) is -3.84. The average molecular weight is 483 g/mol. The zero-order valence-corrected chi connectivity index (χ0v) is 19.3. The Bertz CT molecular complexity index is 1030. The number of hydrogen-bond donors (Lipinski definition) is 1. The molecule has 1 aliphatic heterocycles. The minimum Gasteiger partial charge on any atom is -0.493 e. The van der Waals surface area contributed by atoms with Crippen molar-refractivity contribution in [1.29, 1.82) is 0 Å². The largest absolute Gasteiger partial charge is 0.493 e. The summed E-state index contributed by atoms with van der Waals surface area (Å²) in [6, 6.07) is 7.76. The van der Waals surface area contributed by atoms with Gasteiger partial charge in [-0.25, -0.2) is 0 Å². The Morgan fingerprint density at radius 1 is 1.12 bits per heavy atom. The monoisotopic (exact) mass is 482 g/mol. The lowest BCUT2D eigenvalue weighted by atomic mass is 9.98. The highest BCUT2D eigenvalue weighted by Crippen LogP contribution is 2.34. The van der Waals surface area contributed by atoms with Crippen molar-refractivity contribution in [2.75, 3.05) is 26.5 Å². The van der Waals surface area contributed by atoms with Gasteiger partial charge in [0.25, 0.3) is 0 Å². The maximum atomic E-state index is 13.2. The molecule has 2 aromatic carbocycles.